The Labute approximate surface area is 512 Å². The highest BCUT2D eigenvalue weighted by Gasteiger charge is 2.20. The van der Waals surface area contributed by atoms with Crippen molar-refractivity contribution in [3.8, 4) is 0 Å². The van der Waals surface area contributed by atoms with Gasteiger partial charge in [0.15, 0.2) is 6.10 Å². The van der Waals surface area contributed by atoms with Gasteiger partial charge in [0.2, 0.25) is 0 Å². The van der Waals surface area contributed by atoms with Gasteiger partial charge in [-0.3, -0.25) is 14.4 Å². The molecule has 0 aromatic carbocycles. The maximum Gasteiger partial charge on any atom is 0.306 e. The van der Waals surface area contributed by atoms with Crippen molar-refractivity contribution in [3.05, 3.63) is 36.5 Å². The Balaban J connectivity index is 4.30. The summed E-state index contributed by atoms with van der Waals surface area (Å²) < 4.78 is 17.0. The van der Waals surface area contributed by atoms with Gasteiger partial charge in [-0.15, -0.1) is 0 Å². The van der Waals surface area contributed by atoms with Gasteiger partial charge < -0.3 is 14.2 Å². The molecule has 0 aromatic heterocycles. The minimum Gasteiger partial charge on any atom is -0.462 e. The smallest absolute Gasteiger partial charge is 0.306 e. The molecule has 1 unspecified atom stereocenters. The van der Waals surface area contributed by atoms with Gasteiger partial charge in [0, 0.05) is 19.3 Å². The quantitative estimate of drug-likeness (QED) is 0.0261. The van der Waals surface area contributed by atoms with E-state index in [0.717, 1.165) is 64.2 Å². The van der Waals surface area contributed by atoms with Crippen LogP contribution in [0.5, 0.6) is 0 Å². The molecule has 0 spiro atoms. The van der Waals surface area contributed by atoms with Crippen molar-refractivity contribution in [1.82, 2.24) is 0 Å². The van der Waals surface area contributed by atoms with Crippen molar-refractivity contribution in [2.24, 2.45) is 0 Å². The van der Waals surface area contributed by atoms with E-state index in [0.29, 0.717) is 19.3 Å². The molecule has 0 saturated carbocycles. The number of hydrogen-bond donors (Lipinski definition) is 0. The van der Waals surface area contributed by atoms with E-state index in [1.165, 1.54) is 308 Å². The molecule has 6 nitrogen and oxygen atoms in total. The summed E-state index contributed by atoms with van der Waals surface area (Å²) in [5, 5.41) is 0. The largest absolute Gasteiger partial charge is 0.462 e. The van der Waals surface area contributed by atoms with E-state index < -0.39 is 6.10 Å². The third kappa shape index (κ3) is 68.4. The van der Waals surface area contributed by atoms with Crippen molar-refractivity contribution in [2.75, 3.05) is 13.2 Å². The van der Waals surface area contributed by atoms with Crippen LogP contribution < -0.4 is 0 Å². The maximum absolute atomic E-state index is 13.0. The lowest BCUT2D eigenvalue weighted by atomic mass is 10.0. The van der Waals surface area contributed by atoms with Crippen LogP contribution in [0, 0.1) is 0 Å². The molecule has 0 bridgehead atoms. The molecule has 82 heavy (non-hydrogen) atoms. The number of carbonyl (C=O) groups is 3. The highest BCUT2D eigenvalue weighted by Crippen LogP contribution is 2.19. The number of esters is 3. The van der Waals surface area contributed by atoms with Crippen LogP contribution in [0.4, 0.5) is 0 Å². The average molecular weight is 1150 g/mol. The Kier molecular flexibility index (Phi) is 69.1. The van der Waals surface area contributed by atoms with Crippen LogP contribution in [-0.2, 0) is 28.6 Å². The van der Waals surface area contributed by atoms with Crippen LogP contribution in [0.1, 0.15) is 412 Å². The molecule has 0 radical (unpaired) electrons. The Morgan fingerprint density at radius 3 is 0.683 bits per heavy atom. The summed E-state index contributed by atoms with van der Waals surface area (Å²) >= 11 is 0. The second-order valence-corrected chi connectivity index (χ2v) is 25.2. The zero-order valence-corrected chi connectivity index (χ0v) is 55.5. The van der Waals surface area contributed by atoms with Crippen LogP contribution in [0.15, 0.2) is 36.5 Å². The third-order valence-corrected chi connectivity index (χ3v) is 16.9. The van der Waals surface area contributed by atoms with E-state index >= 15 is 0 Å². The predicted molar refractivity (Wildman–Crippen MR) is 358 cm³/mol. The van der Waals surface area contributed by atoms with Gasteiger partial charge >= 0.3 is 17.9 Å². The van der Waals surface area contributed by atoms with Crippen molar-refractivity contribution in [1.29, 1.82) is 0 Å². The molecule has 1 atom stereocenters. The molecular weight excluding hydrogens is 1010 g/mol. The lowest BCUT2D eigenvalue weighted by Gasteiger charge is -2.18. The lowest BCUT2D eigenvalue weighted by Crippen LogP contribution is -2.30. The first-order valence-corrected chi connectivity index (χ1v) is 37.0. The second-order valence-electron chi connectivity index (χ2n) is 25.2. The summed E-state index contributed by atoms with van der Waals surface area (Å²) in [5.74, 6) is -0.843. The highest BCUT2D eigenvalue weighted by atomic mass is 16.6. The minimum absolute atomic E-state index is 0.0693. The predicted octanol–water partition coefficient (Wildman–Crippen LogP) is 25.5. The standard InChI is InChI=1S/C76H142O6/c1-4-7-10-13-16-19-22-25-28-31-34-36-37-38-40-42-45-48-51-54-57-60-63-66-69-75(78)81-72-73(71-80-74(77)68-65-62-59-56-53-50-47-44-41-33-30-27-24-21-18-15-12-9-6-3)82-76(79)70-67-64-61-58-55-52-49-46-43-39-35-32-29-26-23-20-17-14-11-8-5-2/h23,26-27,30,32,35,73H,4-22,24-25,28-29,31,33-34,36-72H2,1-3H3/b26-23-,30-27-,35-32-. The normalized spacial score (nSPS) is 12.2. The van der Waals surface area contributed by atoms with Crippen molar-refractivity contribution in [2.45, 2.75) is 419 Å². The second kappa shape index (κ2) is 71.1. The summed E-state index contributed by atoms with van der Waals surface area (Å²) in [4.78, 5) is 38.5. The topological polar surface area (TPSA) is 78.9 Å². The van der Waals surface area contributed by atoms with E-state index in [1.807, 2.05) is 0 Å². The van der Waals surface area contributed by atoms with Gasteiger partial charge in [-0.2, -0.15) is 0 Å². The van der Waals surface area contributed by atoms with E-state index in [9.17, 15) is 14.4 Å². The maximum atomic E-state index is 13.0. The fourth-order valence-electron chi connectivity index (χ4n) is 11.3. The average Bonchev–Trinajstić information content (AvgIpc) is 3.47. The van der Waals surface area contributed by atoms with Crippen molar-refractivity contribution < 1.29 is 28.6 Å². The molecule has 0 amide bonds. The van der Waals surface area contributed by atoms with Crippen LogP contribution >= 0.6 is 0 Å². The van der Waals surface area contributed by atoms with Crippen molar-refractivity contribution in [3.63, 3.8) is 0 Å². The van der Waals surface area contributed by atoms with Crippen molar-refractivity contribution >= 4 is 17.9 Å². The zero-order chi connectivity index (χ0) is 59.2. The minimum atomic E-state index is -0.775. The highest BCUT2D eigenvalue weighted by molar-refractivity contribution is 5.71. The molecule has 0 fully saturated rings. The van der Waals surface area contributed by atoms with Gasteiger partial charge in [0.1, 0.15) is 13.2 Å². The molecule has 0 N–H and O–H groups in total. The number of allylic oxidation sites excluding steroid dienone is 6. The number of unbranched alkanes of at least 4 members (excludes halogenated alkanes) is 52. The SMILES string of the molecule is CCCCCCC/C=C\C/C=C\CCCCCCCCCCCC(=O)OC(COC(=O)CCCCCCCCCCC/C=C\CCCCCCCC)COC(=O)CCCCCCCCCCCCCCCCCCCCCCCCCC. The van der Waals surface area contributed by atoms with Gasteiger partial charge in [-0.25, -0.2) is 0 Å². The van der Waals surface area contributed by atoms with E-state index in [1.54, 1.807) is 0 Å². The van der Waals surface area contributed by atoms with Gasteiger partial charge in [0.25, 0.3) is 0 Å². The molecule has 0 heterocycles. The van der Waals surface area contributed by atoms with E-state index in [2.05, 4.69) is 57.2 Å². The Morgan fingerprint density at radius 2 is 0.439 bits per heavy atom. The first kappa shape index (κ1) is 79.6. The summed E-state index contributed by atoms with van der Waals surface area (Å²) in [6, 6.07) is 0. The first-order chi connectivity index (χ1) is 40.5. The summed E-state index contributed by atoms with van der Waals surface area (Å²) in [6.07, 6.45) is 88.9. The lowest BCUT2D eigenvalue weighted by molar-refractivity contribution is -0.167. The monoisotopic (exact) mass is 1150 g/mol. The summed E-state index contributed by atoms with van der Waals surface area (Å²) in [5.41, 5.74) is 0. The number of rotatable bonds is 69. The van der Waals surface area contributed by atoms with Crippen LogP contribution in [0.3, 0.4) is 0 Å². The first-order valence-electron chi connectivity index (χ1n) is 37.0. The Bertz CT molecular complexity index is 1370. The molecule has 0 saturated heterocycles. The molecule has 0 rings (SSSR count). The Hall–Kier alpha value is -2.37. The van der Waals surface area contributed by atoms with E-state index in [4.69, 9.17) is 14.2 Å². The molecule has 482 valence electrons. The Morgan fingerprint density at radius 1 is 0.244 bits per heavy atom. The number of ether oxygens (including phenoxy) is 3. The summed E-state index contributed by atoms with van der Waals surface area (Å²) in [7, 11) is 0. The fraction of sp³-hybridized carbons (Fsp3) is 0.882. The number of hydrogen-bond acceptors (Lipinski definition) is 6. The fourth-order valence-corrected chi connectivity index (χ4v) is 11.3. The molecule has 6 heteroatoms. The van der Waals surface area contributed by atoms with Crippen LogP contribution in [0.2, 0.25) is 0 Å². The molecule has 0 aromatic rings. The van der Waals surface area contributed by atoms with Gasteiger partial charge in [-0.05, 0) is 77.0 Å². The van der Waals surface area contributed by atoms with Crippen LogP contribution in [0.25, 0.3) is 0 Å². The van der Waals surface area contributed by atoms with Gasteiger partial charge in [0.05, 0.1) is 0 Å². The van der Waals surface area contributed by atoms with Gasteiger partial charge in [-0.1, -0.05) is 353 Å². The van der Waals surface area contributed by atoms with E-state index in [-0.39, 0.29) is 31.1 Å². The summed E-state index contributed by atoms with van der Waals surface area (Å²) in [6.45, 7) is 6.71. The zero-order valence-electron chi connectivity index (χ0n) is 55.5. The number of carbonyl (C=O) groups excluding carboxylic acids is 3. The third-order valence-electron chi connectivity index (χ3n) is 16.9. The molecular formula is C76H142O6. The molecule has 0 aliphatic carbocycles. The molecule has 0 aliphatic heterocycles. The molecule has 0 aliphatic rings. The van der Waals surface area contributed by atoms with Crippen LogP contribution in [-0.4, -0.2) is 37.2 Å².